The summed E-state index contributed by atoms with van der Waals surface area (Å²) in [5, 5.41) is 12.2. The molecule has 0 aliphatic heterocycles. The molecule has 2 aromatic rings. The molecule has 2 rings (SSSR count). The summed E-state index contributed by atoms with van der Waals surface area (Å²) in [6.45, 7) is 0. The zero-order chi connectivity index (χ0) is 10.7. The van der Waals surface area contributed by atoms with Crippen LogP contribution in [-0.2, 0) is 0 Å². The maximum atomic E-state index is 8.60. The summed E-state index contributed by atoms with van der Waals surface area (Å²) in [5.41, 5.74) is 1.11. The lowest BCUT2D eigenvalue weighted by atomic mass is 10.1. The van der Waals surface area contributed by atoms with Crippen molar-refractivity contribution in [3.63, 3.8) is 0 Å². The first kappa shape index (κ1) is 9.28. The van der Waals surface area contributed by atoms with Crippen molar-refractivity contribution in [1.82, 2.24) is 5.16 Å². The summed E-state index contributed by atoms with van der Waals surface area (Å²) in [6.07, 6.45) is 0. The summed E-state index contributed by atoms with van der Waals surface area (Å²) < 4.78 is 10.1. The molecule has 74 valence electrons. The second kappa shape index (κ2) is 3.84. The summed E-state index contributed by atoms with van der Waals surface area (Å²) in [6, 6.07) is 10.9. The van der Waals surface area contributed by atoms with E-state index in [4.69, 9.17) is 14.5 Å². The van der Waals surface area contributed by atoms with Crippen LogP contribution in [0.1, 0.15) is 5.69 Å². The van der Waals surface area contributed by atoms with Gasteiger partial charge < -0.3 is 9.26 Å². The van der Waals surface area contributed by atoms with Crippen LogP contribution in [0.4, 0.5) is 0 Å². The molecule has 0 fully saturated rings. The summed E-state index contributed by atoms with van der Waals surface area (Å²) in [5.74, 6) is 1.30. The van der Waals surface area contributed by atoms with Gasteiger partial charge in [-0.15, -0.1) is 0 Å². The largest absolute Gasteiger partial charge is 0.497 e. The number of nitrogens with zero attached hydrogens (tertiary/aromatic N) is 2. The molecule has 4 heteroatoms. The van der Waals surface area contributed by atoms with Crippen molar-refractivity contribution in [1.29, 1.82) is 5.26 Å². The van der Waals surface area contributed by atoms with Gasteiger partial charge in [0, 0.05) is 11.6 Å². The van der Waals surface area contributed by atoms with E-state index in [0.29, 0.717) is 5.76 Å². The third-order valence-corrected chi connectivity index (χ3v) is 1.98. The predicted molar refractivity (Wildman–Crippen MR) is 53.2 cm³/mol. The highest BCUT2D eigenvalue weighted by molar-refractivity contribution is 5.60. The Morgan fingerprint density at radius 2 is 2.27 bits per heavy atom. The van der Waals surface area contributed by atoms with Crippen molar-refractivity contribution in [3.05, 3.63) is 36.0 Å². The van der Waals surface area contributed by atoms with E-state index in [-0.39, 0.29) is 5.69 Å². The van der Waals surface area contributed by atoms with E-state index >= 15 is 0 Å². The fraction of sp³-hybridized carbons (Fsp3) is 0.0909. The van der Waals surface area contributed by atoms with Gasteiger partial charge in [0.2, 0.25) is 0 Å². The van der Waals surface area contributed by atoms with Crippen molar-refractivity contribution >= 4 is 0 Å². The molecule has 0 saturated heterocycles. The van der Waals surface area contributed by atoms with Gasteiger partial charge in [-0.05, 0) is 12.1 Å². The Morgan fingerprint density at radius 1 is 1.40 bits per heavy atom. The first-order chi connectivity index (χ1) is 7.33. The molecule has 1 aromatic heterocycles. The van der Waals surface area contributed by atoms with Crippen LogP contribution in [0.15, 0.2) is 34.9 Å². The van der Waals surface area contributed by atoms with E-state index < -0.39 is 0 Å². The van der Waals surface area contributed by atoms with Gasteiger partial charge in [0.1, 0.15) is 11.8 Å². The Balaban J connectivity index is 2.41. The molecule has 0 aliphatic rings. The molecule has 0 saturated carbocycles. The monoisotopic (exact) mass is 200 g/mol. The van der Waals surface area contributed by atoms with Crippen molar-refractivity contribution in [2.45, 2.75) is 0 Å². The first-order valence-electron chi connectivity index (χ1n) is 4.35. The van der Waals surface area contributed by atoms with E-state index in [1.807, 2.05) is 30.3 Å². The number of nitriles is 1. The lowest BCUT2D eigenvalue weighted by molar-refractivity contribution is 0.413. The number of rotatable bonds is 2. The highest BCUT2D eigenvalue weighted by Crippen LogP contribution is 2.23. The predicted octanol–water partition coefficient (Wildman–Crippen LogP) is 2.22. The lowest BCUT2D eigenvalue weighted by Gasteiger charge is -2.00. The van der Waals surface area contributed by atoms with Crippen LogP contribution in [0.2, 0.25) is 0 Å². The minimum atomic E-state index is 0.271. The zero-order valence-electron chi connectivity index (χ0n) is 8.10. The van der Waals surface area contributed by atoms with E-state index in [9.17, 15) is 0 Å². The van der Waals surface area contributed by atoms with Gasteiger partial charge in [-0.2, -0.15) is 5.26 Å². The normalized spacial score (nSPS) is 9.60. The van der Waals surface area contributed by atoms with Gasteiger partial charge in [0.15, 0.2) is 11.5 Å². The molecule has 0 N–H and O–H groups in total. The van der Waals surface area contributed by atoms with Crippen LogP contribution in [-0.4, -0.2) is 12.3 Å². The minimum absolute atomic E-state index is 0.271. The van der Waals surface area contributed by atoms with Gasteiger partial charge in [-0.1, -0.05) is 17.3 Å². The second-order valence-electron chi connectivity index (χ2n) is 2.92. The molecule has 0 amide bonds. The molecule has 0 bridgehead atoms. The van der Waals surface area contributed by atoms with Crippen LogP contribution in [0, 0.1) is 11.3 Å². The number of ether oxygens (including phenoxy) is 1. The Labute approximate surface area is 86.7 Å². The zero-order valence-corrected chi connectivity index (χ0v) is 8.10. The Kier molecular flexibility index (Phi) is 2.38. The highest BCUT2D eigenvalue weighted by atomic mass is 16.5. The first-order valence-corrected chi connectivity index (χ1v) is 4.35. The van der Waals surface area contributed by atoms with Crippen molar-refractivity contribution in [2.24, 2.45) is 0 Å². The average Bonchev–Trinajstić information content (AvgIpc) is 2.78. The molecule has 15 heavy (non-hydrogen) atoms. The van der Waals surface area contributed by atoms with Crippen LogP contribution in [0.5, 0.6) is 5.75 Å². The maximum absolute atomic E-state index is 8.60. The van der Waals surface area contributed by atoms with Crippen LogP contribution in [0.3, 0.4) is 0 Å². The smallest absolute Gasteiger partial charge is 0.184 e. The number of benzene rings is 1. The number of aromatic nitrogens is 1. The fourth-order valence-electron chi connectivity index (χ4n) is 1.24. The topological polar surface area (TPSA) is 59.0 Å². The van der Waals surface area contributed by atoms with E-state index in [1.165, 1.54) is 0 Å². The van der Waals surface area contributed by atoms with E-state index in [2.05, 4.69) is 5.16 Å². The van der Waals surface area contributed by atoms with Crippen molar-refractivity contribution < 1.29 is 9.26 Å². The van der Waals surface area contributed by atoms with Crippen molar-refractivity contribution in [3.8, 4) is 23.1 Å². The molecule has 1 heterocycles. The number of hydrogen-bond acceptors (Lipinski definition) is 4. The Bertz CT molecular complexity index is 511. The molecular weight excluding hydrogens is 192 g/mol. The SMILES string of the molecule is COc1cccc(-c2cc(C#N)no2)c1. The minimum Gasteiger partial charge on any atom is -0.497 e. The van der Waals surface area contributed by atoms with Crippen LogP contribution < -0.4 is 4.74 Å². The molecule has 0 atom stereocenters. The molecule has 4 nitrogen and oxygen atoms in total. The van der Waals surface area contributed by atoms with E-state index in [1.54, 1.807) is 13.2 Å². The highest BCUT2D eigenvalue weighted by Gasteiger charge is 2.06. The summed E-state index contributed by atoms with van der Waals surface area (Å²) >= 11 is 0. The lowest BCUT2D eigenvalue weighted by Crippen LogP contribution is -1.82. The van der Waals surface area contributed by atoms with E-state index in [0.717, 1.165) is 11.3 Å². The maximum Gasteiger partial charge on any atom is 0.184 e. The number of hydrogen-bond donors (Lipinski definition) is 0. The second-order valence-corrected chi connectivity index (χ2v) is 2.92. The molecule has 0 unspecified atom stereocenters. The van der Waals surface area contributed by atoms with Crippen molar-refractivity contribution in [2.75, 3.05) is 7.11 Å². The molecule has 1 aromatic carbocycles. The summed E-state index contributed by atoms with van der Waals surface area (Å²) in [7, 11) is 1.60. The van der Waals surface area contributed by atoms with Gasteiger partial charge in [0.05, 0.1) is 7.11 Å². The molecular formula is C11H8N2O2. The third-order valence-electron chi connectivity index (χ3n) is 1.98. The standard InChI is InChI=1S/C11H8N2O2/c1-14-10-4-2-3-8(5-10)11-6-9(7-12)13-15-11/h2-6H,1H3. The van der Waals surface area contributed by atoms with Gasteiger partial charge >= 0.3 is 0 Å². The number of methoxy groups -OCH3 is 1. The Hall–Kier alpha value is -2.28. The quantitative estimate of drug-likeness (QED) is 0.745. The van der Waals surface area contributed by atoms with Crippen LogP contribution >= 0.6 is 0 Å². The van der Waals surface area contributed by atoms with Gasteiger partial charge in [0.25, 0.3) is 0 Å². The van der Waals surface area contributed by atoms with Crippen LogP contribution in [0.25, 0.3) is 11.3 Å². The molecule has 0 aliphatic carbocycles. The molecule has 0 spiro atoms. The van der Waals surface area contributed by atoms with Gasteiger partial charge in [-0.3, -0.25) is 0 Å². The third kappa shape index (κ3) is 1.81. The average molecular weight is 200 g/mol. The fourth-order valence-corrected chi connectivity index (χ4v) is 1.24. The molecule has 0 radical (unpaired) electrons. The summed E-state index contributed by atoms with van der Waals surface area (Å²) in [4.78, 5) is 0. The van der Waals surface area contributed by atoms with Gasteiger partial charge in [-0.25, -0.2) is 0 Å². The Morgan fingerprint density at radius 3 is 2.93 bits per heavy atom.